The molecule has 0 aromatic heterocycles. The molecule has 0 bridgehead atoms. The van der Waals surface area contributed by atoms with E-state index in [1.54, 1.807) is 13.8 Å². The van der Waals surface area contributed by atoms with Crippen molar-refractivity contribution in [1.82, 2.24) is 5.32 Å². The number of esters is 2. The van der Waals surface area contributed by atoms with Crippen molar-refractivity contribution in [2.24, 2.45) is 0 Å². The third kappa shape index (κ3) is 4.39. The van der Waals surface area contributed by atoms with Crippen molar-refractivity contribution >= 4 is 11.9 Å². The maximum atomic E-state index is 11.7. The minimum atomic E-state index is -0.307. The van der Waals surface area contributed by atoms with E-state index in [9.17, 15) is 9.59 Å². The lowest BCUT2D eigenvalue weighted by Gasteiger charge is -2.20. The molecule has 0 unspecified atom stereocenters. The van der Waals surface area contributed by atoms with Crippen LogP contribution in [0.2, 0.25) is 0 Å². The fourth-order valence-corrected chi connectivity index (χ4v) is 1.93. The van der Waals surface area contributed by atoms with E-state index in [-0.39, 0.29) is 18.5 Å². The zero-order chi connectivity index (χ0) is 13.4. The molecule has 0 saturated heterocycles. The van der Waals surface area contributed by atoms with Crippen LogP contribution in [0.25, 0.3) is 0 Å². The Kier molecular flexibility index (Phi) is 6.25. The van der Waals surface area contributed by atoms with E-state index in [0.29, 0.717) is 25.2 Å². The molecule has 5 nitrogen and oxygen atoms in total. The van der Waals surface area contributed by atoms with Crippen LogP contribution >= 0.6 is 0 Å². The van der Waals surface area contributed by atoms with Crippen LogP contribution in [0.15, 0.2) is 11.3 Å². The van der Waals surface area contributed by atoms with Gasteiger partial charge in [0.25, 0.3) is 0 Å². The molecular formula is C13H21NO4. The predicted octanol–water partition coefficient (Wildman–Crippen LogP) is 1.53. The van der Waals surface area contributed by atoms with E-state index >= 15 is 0 Å². The number of nitrogens with one attached hydrogen (secondary N) is 1. The molecule has 102 valence electrons. The first-order valence-corrected chi connectivity index (χ1v) is 6.47. The smallest absolute Gasteiger partial charge is 0.335 e. The van der Waals surface area contributed by atoms with Gasteiger partial charge in [0.1, 0.15) is 6.54 Å². The Morgan fingerprint density at radius 1 is 1.11 bits per heavy atom. The molecule has 0 aromatic carbocycles. The van der Waals surface area contributed by atoms with Gasteiger partial charge in [-0.05, 0) is 39.5 Å². The molecule has 1 rings (SSSR count). The number of carbonyl (C=O) groups excluding carboxylic acids is 2. The van der Waals surface area contributed by atoms with Gasteiger partial charge in [-0.15, -0.1) is 0 Å². The Labute approximate surface area is 108 Å². The Hall–Kier alpha value is -1.52. The second kappa shape index (κ2) is 7.74. The number of carbonyl (C=O) groups is 2. The Morgan fingerprint density at radius 2 is 1.78 bits per heavy atom. The average molecular weight is 255 g/mol. The summed E-state index contributed by atoms with van der Waals surface area (Å²) in [7, 11) is 0. The van der Waals surface area contributed by atoms with Crippen molar-refractivity contribution in [3.8, 4) is 0 Å². The molecule has 0 amide bonds. The standard InChI is InChI=1S/C13H21NO4/c1-3-17-12(15)9-14-11-8-6-5-7-10(11)13(16)18-4-2/h14H,3-9H2,1-2H3. The molecule has 0 aromatic rings. The topological polar surface area (TPSA) is 64.6 Å². The monoisotopic (exact) mass is 255 g/mol. The lowest BCUT2D eigenvalue weighted by Crippen LogP contribution is -2.28. The number of hydrogen-bond donors (Lipinski definition) is 1. The quantitative estimate of drug-likeness (QED) is 0.729. The van der Waals surface area contributed by atoms with E-state index in [1.807, 2.05) is 0 Å². The van der Waals surface area contributed by atoms with Crippen LogP contribution in [0.1, 0.15) is 39.5 Å². The van der Waals surface area contributed by atoms with Crippen LogP contribution in [-0.4, -0.2) is 31.7 Å². The molecule has 0 saturated carbocycles. The maximum Gasteiger partial charge on any atom is 0.335 e. The minimum Gasteiger partial charge on any atom is -0.465 e. The molecule has 0 fully saturated rings. The number of ether oxygens (including phenoxy) is 2. The summed E-state index contributed by atoms with van der Waals surface area (Å²) in [4.78, 5) is 23.0. The zero-order valence-corrected chi connectivity index (χ0v) is 11.1. The number of rotatable bonds is 6. The van der Waals surface area contributed by atoms with E-state index in [0.717, 1.165) is 25.0 Å². The molecule has 1 aliphatic rings. The highest BCUT2D eigenvalue weighted by atomic mass is 16.5. The van der Waals surface area contributed by atoms with Gasteiger partial charge in [0.2, 0.25) is 0 Å². The van der Waals surface area contributed by atoms with Crippen LogP contribution in [0, 0.1) is 0 Å². The molecular weight excluding hydrogens is 234 g/mol. The van der Waals surface area contributed by atoms with Gasteiger partial charge in [-0.3, -0.25) is 4.79 Å². The van der Waals surface area contributed by atoms with Crippen LogP contribution in [-0.2, 0) is 19.1 Å². The fraction of sp³-hybridized carbons (Fsp3) is 0.692. The van der Waals surface area contributed by atoms with Gasteiger partial charge in [0.05, 0.1) is 18.8 Å². The average Bonchev–Trinajstić information content (AvgIpc) is 2.37. The predicted molar refractivity (Wildman–Crippen MR) is 66.8 cm³/mol. The molecule has 0 atom stereocenters. The van der Waals surface area contributed by atoms with Gasteiger partial charge >= 0.3 is 11.9 Å². The van der Waals surface area contributed by atoms with Crippen molar-refractivity contribution < 1.29 is 19.1 Å². The Balaban J connectivity index is 2.61. The molecule has 5 heteroatoms. The molecule has 18 heavy (non-hydrogen) atoms. The van der Waals surface area contributed by atoms with E-state index in [4.69, 9.17) is 9.47 Å². The summed E-state index contributed by atoms with van der Waals surface area (Å²) in [5.74, 6) is -0.581. The first kappa shape index (κ1) is 14.5. The first-order chi connectivity index (χ1) is 8.69. The van der Waals surface area contributed by atoms with Gasteiger partial charge < -0.3 is 14.8 Å². The molecule has 1 aliphatic carbocycles. The summed E-state index contributed by atoms with van der Waals surface area (Å²) in [6.45, 7) is 4.39. The largest absolute Gasteiger partial charge is 0.465 e. The highest BCUT2D eigenvalue weighted by molar-refractivity contribution is 5.89. The minimum absolute atomic E-state index is 0.103. The zero-order valence-electron chi connectivity index (χ0n) is 11.1. The SMILES string of the molecule is CCOC(=O)CNC1=C(C(=O)OCC)CCCC1. The highest BCUT2D eigenvalue weighted by Crippen LogP contribution is 2.23. The molecule has 0 aliphatic heterocycles. The van der Waals surface area contributed by atoms with Gasteiger partial charge in [0, 0.05) is 5.70 Å². The first-order valence-electron chi connectivity index (χ1n) is 6.47. The van der Waals surface area contributed by atoms with Crippen molar-refractivity contribution in [2.45, 2.75) is 39.5 Å². The van der Waals surface area contributed by atoms with Crippen molar-refractivity contribution in [1.29, 1.82) is 0 Å². The number of hydrogen-bond acceptors (Lipinski definition) is 5. The third-order valence-electron chi connectivity index (χ3n) is 2.74. The lowest BCUT2D eigenvalue weighted by atomic mass is 9.96. The van der Waals surface area contributed by atoms with Crippen LogP contribution in [0.3, 0.4) is 0 Å². The number of allylic oxidation sites excluding steroid dienone is 1. The fourth-order valence-electron chi connectivity index (χ4n) is 1.93. The molecule has 0 heterocycles. The van der Waals surface area contributed by atoms with Crippen LogP contribution < -0.4 is 5.32 Å². The van der Waals surface area contributed by atoms with E-state index < -0.39 is 0 Å². The van der Waals surface area contributed by atoms with Crippen LogP contribution in [0.4, 0.5) is 0 Å². The summed E-state index contributed by atoms with van der Waals surface area (Å²) in [6, 6.07) is 0. The normalized spacial score (nSPS) is 15.2. The summed E-state index contributed by atoms with van der Waals surface area (Å²) in [5.41, 5.74) is 1.50. The summed E-state index contributed by atoms with van der Waals surface area (Å²) >= 11 is 0. The van der Waals surface area contributed by atoms with E-state index in [1.165, 1.54) is 0 Å². The second-order valence-electron chi connectivity index (χ2n) is 4.04. The molecule has 0 spiro atoms. The van der Waals surface area contributed by atoms with Gasteiger partial charge in [-0.25, -0.2) is 4.79 Å². The van der Waals surface area contributed by atoms with Gasteiger partial charge in [0.15, 0.2) is 0 Å². The van der Waals surface area contributed by atoms with Gasteiger partial charge in [-0.2, -0.15) is 0 Å². The van der Waals surface area contributed by atoms with Crippen molar-refractivity contribution in [2.75, 3.05) is 19.8 Å². The Bertz CT molecular complexity index is 336. The summed E-state index contributed by atoms with van der Waals surface area (Å²) in [6.07, 6.45) is 3.50. The Morgan fingerprint density at radius 3 is 2.44 bits per heavy atom. The maximum absolute atomic E-state index is 11.7. The van der Waals surface area contributed by atoms with Crippen molar-refractivity contribution in [3.63, 3.8) is 0 Å². The van der Waals surface area contributed by atoms with Crippen molar-refractivity contribution in [3.05, 3.63) is 11.3 Å². The second-order valence-corrected chi connectivity index (χ2v) is 4.04. The van der Waals surface area contributed by atoms with Gasteiger partial charge in [-0.1, -0.05) is 0 Å². The summed E-state index contributed by atoms with van der Waals surface area (Å²) in [5, 5.41) is 3.00. The lowest BCUT2D eigenvalue weighted by molar-refractivity contribution is -0.142. The molecule has 1 N–H and O–H groups in total. The molecule has 0 radical (unpaired) electrons. The van der Waals surface area contributed by atoms with Crippen LogP contribution in [0.5, 0.6) is 0 Å². The van der Waals surface area contributed by atoms with E-state index in [2.05, 4.69) is 5.32 Å². The summed E-state index contributed by atoms with van der Waals surface area (Å²) < 4.78 is 9.85. The third-order valence-corrected chi connectivity index (χ3v) is 2.74. The highest BCUT2D eigenvalue weighted by Gasteiger charge is 2.20.